The first-order chi connectivity index (χ1) is 18.8. The Labute approximate surface area is 254 Å². The molecule has 2 rings (SSSR count). The minimum absolute atomic E-state index is 0.0369. The molecule has 0 aromatic heterocycles. The van der Waals surface area contributed by atoms with Crippen molar-refractivity contribution in [2.24, 2.45) is 10.8 Å². The molecule has 0 aliphatic rings. The molecular formula is C35H54O4Si2. The summed E-state index contributed by atoms with van der Waals surface area (Å²) < 4.78 is 19.8. The van der Waals surface area contributed by atoms with Gasteiger partial charge in [-0.25, -0.2) is 0 Å². The van der Waals surface area contributed by atoms with Gasteiger partial charge < -0.3 is 18.7 Å². The van der Waals surface area contributed by atoms with Crippen LogP contribution in [0.3, 0.4) is 0 Å². The molecule has 0 fully saturated rings. The lowest BCUT2D eigenvalue weighted by molar-refractivity contribution is 0.0653. The van der Waals surface area contributed by atoms with Gasteiger partial charge >= 0.3 is 0 Å². The number of hydrogen-bond acceptors (Lipinski definition) is 4. The standard InChI is InChI=1S/C35H54O4Si2/c1-25(16-15-21-35(8,9)36)27-18-14-17-26(22-27)24-37-28-19-20-29(31(33(2,3)4)38-40(10)11)30(23-28)32(34(5,6)7)39-41(12)13/h14-23,31-32,36H,24H2,1-13H3/b21-15+,25-16+. The molecule has 226 valence electrons. The van der Waals surface area contributed by atoms with Crippen LogP contribution in [0, 0.1) is 10.8 Å². The molecule has 0 aliphatic carbocycles. The Balaban J connectivity index is 2.47. The fourth-order valence-electron chi connectivity index (χ4n) is 4.59. The third-order valence-electron chi connectivity index (χ3n) is 6.54. The SMILES string of the molecule is C/C(=C\C=C\C(C)(C)O)c1cccc(COc2ccc(C(O[Si](C)C)C(C)(C)C)c(C(O[Si](C)C)C(C)(C)C)c2)c1. The van der Waals surface area contributed by atoms with Crippen molar-refractivity contribution < 1.29 is 18.7 Å². The van der Waals surface area contributed by atoms with E-state index in [1.807, 2.05) is 12.2 Å². The normalized spacial score (nSPS) is 15.2. The van der Waals surface area contributed by atoms with Crippen LogP contribution in [0.1, 0.15) is 96.8 Å². The fourth-order valence-corrected chi connectivity index (χ4v) is 6.49. The molecule has 41 heavy (non-hydrogen) atoms. The van der Waals surface area contributed by atoms with Gasteiger partial charge in [0.05, 0.1) is 17.8 Å². The molecule has 1 N–H and O–H groups in total. The van der Waals surface area contributed by atoms with Gasteiger partial charge in [0.2, 0.25) is 18.1 Å². The lowest BCUT2D eigenvalue weighted by Crippen LogP contribution is -2.31. The molecule has 2 radical (unpaired) electrons. The van der Waals surface area contributed by atoms with E-state index in [0.29, 0.717) is 6.61 Å². The second kappa shape index (κ2) is 14.5. The summed E-state index contributed by atoms with van der Waals surface area (Å²) in [6.07, 6.45) is 5.61. The zero-order valence-electron chi connectivity index (χ0n) is 27.8. The lowest BCUT2D eigenvalue weighted by atomic mass is 9.77. The largest absolute Gasteiger partial charge is 0.489 e. The first-order valence-corrected chi connectivity index (χ1v) is 19.5. The summed E-state index contributed by atoms with van der Waals surface area (Å²) in [5.74, 6) is 0.833. The van der Waals surface area contributed by atoms with E-state index in [1.165, 1.54) is 5.56 Å². The summed E-state index contributed by atoms with van der Waals surface area (Å²) in [4.78, 5) is 0. The zero-order chi connectivity index (χ0) is 31.2. The van der Waals surface area contributed by atoms with E-state index in [1.54, 1.807) is 19.9 Å². The molecule has 0 saturated heterocycles. The fraction of sp³-hybridized carbons (Fsp3) is 0.543. The Morgan fingerprint density at radius 1 is 0.805 bits per heavy atom. The average molecular weight is 595 g/mol. The van der Waals surface area contributed by atoms with Gasteiger partial charge in [-0.2, -0.15) is 0 Å². The second-order valence-electron chi connectivity index (χ2n) is 14.2. The van der Waals surface area contributed by atoms with Gasteiger partial charge in [0.15, 0.2) is 0 Å². The second-order valence-corrected chi connectivity index (χ2v) is 18.3. The van der Waals surface area contributed by atoms with Crippen LogP contribution in [0.5, 0.6) is 5.75 Å². The van der Waals surface area contributed by atoms with Gasteiger partial charge in [-0.05, 0) is 104 Å². The van der Waals surface area contributed by atoms with Crippen LogP contribution >= 0.6 is 0 Å². The number of allylic oxidation sites excluding steroid dienone is 3. The molecule has 0 amide bonds. The molecule has 2 unspecified atom stereocenters. The summed E-state index contributed by atoms with van der Waals surface area (Å²) in [6.45, 7) is 28.4. The Bertz CT molecular complexity index is 1180. The molecule has 2 aromatic rings. The van der Waals surface area contributed by atoms with Gasteiger partial charge in [-0.3, -0.25) is 0 Å². The van der Waals surface area contributed by atoms with E-state index in [-0.39, 0.29) is 23.0 Å². The van der Waals surface area contributed by atoms with Gasteiger partial charge in [-0.1, -0.05) is 84.0 Å². The van der Waals surface area contributed by atoms with Crippen LogP contribution in [0.2, 0.25) is 26.2 Å². The topological polar surface area (TPSA) is 47.9 Å². The van der Waals surface area contributed by atoms with E-state index in [0.717, 1.165) is 28.0 Å². The summed E-state index contributed by atoms with van der Waals surface area (Å²) in [6, 6.07) is 14.9. The summed E-state index contributed by atoms with van der Waals surface area (Å²) in [5.41, 5.74) is 4.72. The van der Waals surface area contributed by atoms with Crippen molar-refractivity contribution in [2.45, 2.75) is 113 Å². The average Bonchev–Trinajstić information content (AvgIpc) is 2.82. The first kappa shape index (κ1) is 35.2. The Kier molecular flexibility index (Phi) is 12.4. The van der Waals surface area contributed by atoms with Crippen molar-refractivity contribution in [3.05, 3.63) is 82.9 Å². The zero-order valence-corrected chi connectivity index (χ0v) is 29.8. The van der Waals surface area contributed by atoms with Gasteiger partial charge in [0.1, 0.15) is 12.4 Å². The van der Waals surface area contributed by atoms with Crippen molar-refractivity contribution in [2.75, 3.05) is 0 Å². The van der Waals surface area contributed by atoms with Gasteiger partial charge in [0.25, 0.3) is 0 Å². The quantitative estimate of drug-likeness (QED) is 0.196. The van der Waals surface area contributed by atoms with Crippen molar-refractivity contribution in [3.63, 3.8) is 0 Å². The van der Waals surface area contributed by atoms with Crippen LogP contribution in [-0.2, 0) is 15.5 Å². The predicted octanol–water partition coefficient (Wildman–Crippen LogP) is 9.71. The third-order valence-corrected chi connectivity index (χ3v) is 7.96. The highest BCUT2D eigenvalue weighted by Gasteiger charge is 2.36. The van der Waals surface area contributed by atoms with Crippen LogP contribution in [0.4, 0.5) is 0 Å². The maximum Gasteiger partial charge on any atom is 0.205 e. The Morgan fingerprint density at radius 2 is 1.37 bits per heavy atom. The summed E-state index contributed by atoms with van der Waals surface area (Å²) >= 11 is 0. The van der Waals surface area contributed by atoms with Crippen molar-refractivity contribution in [1.29, 1.82) is 0 Å². The van der Waals surface area contributed by atoms with E-state index in [4.69, 9.17) is 13.6 Å². The molecule has 0 bridgehead atoms. The van der Waals surface area contributed by atoms with Crippen LogP contribution in [0.15, 0.2) is 60.7 Å². The maximum absolute atomic E-state index is 9.95. The molecule has 0 spiro atoms. The third kappa shape index (κ3) is 11.7. The van der Waals surface area contributed by atoms with E-state index >= 15 is 0 Å². The molecule has 0 saturated carbocycles. The number of hydrogen-bond donors (Lipinski definition) is 1. The molecule has 6 heteroatoms. The van der Waals surface area contributed by atoms with Crippen LogP contribution in [-0.4, -0.2) is 28.8 Å². The highest BCUT2D eigenvalue weighted by atomic mass is 28.3. The molecule has 4 nitrogen and oxygen atoms in total. The van der Waals surface area contributed by atoms with E-state index in [9.17, 15) is 5.11 Å². The monoisotopic (exact) mass is 594 g/mol. The minimum atomic E-state index is -0.957. The molecule has 0 heterocycles. The number of ether oxygens (including phenoxy) is 1. The molecule has 0 aliphatic heterocycles. The van der Waals surface area contributed by atoms with Gasteiger partial charge in [-0.15, -0.1) is 0 Å². The minimum Gasteiger partial charge on any atom is -0.489 e. The predicted molar refractivity (Wildman–Crippen MR) is 178 cm³/mol. The maximum atomic E-state index is 9.95. The van der Waals surface area contributed by atoms with Crippen LogP contribution in [0.25, 0.3) is 5.57 Å². The number of rotatable bonds is 12. The van der Waals surface area contributed by atoms with Crippen molar-refractivity contribution in [3.8, 4) is 5.75 Å². The highest BCUT2D eigenvalue weighted by molar-refractivity contribution is 6.48. The Morgan fingerprint density at radius 3 is 1.88 bits per heavy atom. The summed E-state index contributed by atoms with van der Waals surface area (Å²) in [7, 11) is -1.89. The van der Waals surface area contributed by atoms with Crippen LogP contribution < -0.4 is 4.74 Å². The van der Waals surface area contributed by atoms with Gasteiger partial charge in [0, 0.05) is 0 Å². The molecular weight excluding hydrogens is 541 g/mol. The number of benzene rings is 2. The van der Waals surface area contributed by atoms with Crippen molar-refractivity contribution in [1.82, 2.24) is 0 Å². The number of aliphatic hydroxyl groups is 1. The highest BCUT2D eigenvalue weighted by Crippen LogP contribution is 2.46. The smallest absolute Gasteiger partial charge is 0.205 e. The van der Waals surface area contributed by atoms with E-state index in [2.05, 4.69) is 117 Å². The summed E-state index contributed by atoms with van der Waals surface area (Å²) in [5, 5.41) is 9.95. The van der Waals surface area contributed by atoms with E-state index < -0.39 is 23.7 Å². The molecule has 2 atom stereocenters. The lowest BCUT2D eigenvalue weighted by Gasteiger charge is -2.39. The van der Waals surface area contributed by atoms with Crippen molar-refractivity contribution >= 4 is 23.7 Å². The Hall–Kier alpha value is -1.97. The first-order valence-electron chi connectivity index (χ1n) is 14.7. The molecule has 2 aromatic carbocycles.